The van der Waals surface area contributed by atoms with Gasteiger partial charge in [-0.3, -0.25) is 4.79 Å². The van der Waals surface area contributed by atoms with Gasteiger partial charge in [-0.1, -0.05) is 11.3 Å². The van der Waals surface area contributed by atoms with Crippen molar-refractivity contribution in [3.8, 4) is 5.06 Å². The summed E-state index contributed by atoms with van der Waals surface area (Å²) in [5.74, 6) is 0. The number of halogens is 1. The van der Waals surface area contributed by atoms with E-state index < -0.39 is 0 Å². The number of aldehydes is 1. The van der Waals surface area contributed by atoms with Gasteiger partial charge in [0.05, 0.1) is 0 Å². The lowest BCUT2D eigenvalue weighted by Crippen LogP contribution is -1.80. The first kappa shape index (κ1) is 8.72. The van der Waals surface area contributed by atoms with E-state index in [2.05, 4.69) is 15.9 Å². The van der Waals surface area contributed by atoms with E-state index in [1.54, 1.807) is 12.1 Å². The predicted molar refractivity (Wildman–Crippen MR) is 56.6 cm³/mol. The van der Waals surface area contributed by atoms with Crippen molar-refractivity contribution in [3.63, 3.8) is 0 Å². The van der Waals surface area contributed by atoms with Gasteiger partial charge in [-0.25, -0.2) is 0 Å². The number of carbonyl (C=O) groups excluding carboxylic acids is 1. The molecule has 1 aromatic carbocycles. The van der Waals surface area contributed by atoms with Gasteiger partial charge in [0, 0.05) is 26.2 Å². The standard InChI is InChI=1S/C9H5BrO2S/c10-9-5(4-11)1-2-7-6(9)3-8(12)13-7/h1-4,12H. The Kier molecular flexibility index (Phi) is 2.09. The van der Waals surface area contributed by atoms with Gasteiger partial charge in [0.25, 0.3) is 0 Å². The molecule has 0 fully saturated rings. The largest absolute Gasteiger partial charge is 0.499 e. The van der Waals surface area contributed by atoms with E-state index >= 15 is 0 Å². The molecule has 0 aliphatic heterocycles. The van der Waals surface area contributed by atoms with Crippen LogP contribution in [0.2, 0.25) is 0 Å². The van der Waals surface area contributed by atoms with Gasteiger partial charge >= 0.3 is 0 Å². The molecule has 0 atom stereocenters. The van der Waals surface area contributed by atoms with Crippen LogP contribution in [0.3, 0.4) is 0 Å². The van der Waals surface area contributed by atoms with Crippen molar-refractivity contribution in [2.75, 3.05) is 0 Å². The summed E-state index contributed by atoms with van der Waals surface area (Å²) in [6, 6.07) is 5.21. The van der Waals surface area contributed by atoms with E-state index in [-0.39, 0.29) is 5.06 Å². The Labute approximate surface area is 86.9 Å². The lowest BCUT2D eigenvalue weighted by atomic mass is 10.2. The normalized spacial score (nSPS) is 10.5. The summed E-state index contributed by atoms with van der Waals surface area (Å²) in [6.45, 7) is 0. The average Bonchev–Trinajstić information content (AvgIpc) is 2.47. The first-order chi connectivity index (χ1) is 6.22. The van der Waals surface area contributed by atoms with Crippen molar-refractivity contribution in [2.24, 2.45) is 0 Å². The monoisotopic (exact) mass is 256 g/mol. The third-order valence-electron chi connectivity index (χ3n) is 1.78. The Hall–Kier alpha value is -0.870. The highest BCUT2D eigenvalue weighted by Gasteiger charge is 2.07. The third-order valence-corrected chi connectivity index (χ3v) is 3.57. The first-order valence-corrected chi connectivity index (χ1v) is 5.19. The molecule has 0 saturated carbocycles. The summed E-state index contributed by atoms with van der Waals surface area (Å²) in [5.41, 5.74) is 0.602. The van der Waals surface area contributed by atoms with Crippen molar-refractivity contribution in [2.45, 2.75) is 0 Å². The van der Waals surface area contributed by atoms with E-state index in [1.807, 2.05) is 6.07 Å². The zero-order chi connectivity index (χ0) is 9.42. The van der Waals surface area contributed by atoms with Gasteiger partial charge in [-0.15, -0.1) is 0 Å². The minimum atomic E-state index is 0.263. The smallest absolute Gasteiger partial charge is 0.172 e. The van der Waals surface area contributed by atoms with Crippen LogP contribution in [-0.4, -0.2) is 11.4 Å². The van der Waals surface area contributed by atoms with Crippen LogP contribution < -0.4 is 0 Å². The van der Waals surface area contributed by atoms with Crippen LogP contribution in [0.1, 0.15) is 10.4 Å². The van der Waals surface area contributed by atoms with Gasteiger partial charge in [-0.05, 0) is 28.1 Å². The third kappa shape index (κ3) is 1.36. The van der Waals surface area contributed by atoms with E-state index in [0.717, 1.165) is 20.8 Å². The predicted octanol–water partition coefficient (Wildman–Crippen LogP) is 3.18. The molecular weight excluding hydrogens is 252 g/mol. The second-order valence-electron chi connectivity index (χ2n) is 2.58. The van der Waals surface area contributed by atoms with Crippen LogP contribution in [0.5, 0.6) is 5.06 Å². The van der Waals surface area contributed by atoms with E-state index in [9.17, 15) is 9.90 Å². The number of benzene rings is 1. The summed E-state index contributed by atoms with van der Waals surface area (Å²) in [6.07, 6.45) is 0.790. The number of rotatable bonds is 1. The molecule has 0 saturated heterocycles. The minimum absolute atomic E-state index is 0.263. The molecule has 0 aliphatic rings. The fraction of sp³-hybridized carbons (Fsp3) is 0. The van der Waals surface area contributed by atoms with Gasteiger partial charge in [0.1, 0.15) is 0 Å². The lowest BCUT2D eigenvalue weighted by molar-refractivity contribution is 0.112. The van der Waals surface area contributed by atoms with Gasteiger partial charge in [0.15, 0.2) is 11.3 Å². The Morgan fingerprint density at radius 3 is 2.92 bits per heavy atom. The summed E-state index contributed by atoms with van der Waals surface area (Å²) in [4.78, 5) is 10.6. The van der Waals surface area contributed by atoms with Crippen LogP contribution in [-0.2, 0) is 0 Å². The maximum atomic E-state index is 10.6. The highest BCUT2D eigenvalue weighted by molar-refractivity contribution is 9.10. The summed E-state index contributed by atoms with van der Waals surface area (Å²) in [5, 5.41) is 10.4. The molecule has 0 amide bonds. The van der Waals surface area contributed by atoms with Gasteiger partial charge in [-0.2, -0.15) is 0 Å². The molecule has 1 aromatic heterocycles. The molecule has 66 valence electrons. The number of carbonyl (C=O) groups is 1. The zero-order valence-corrected chi connectivity index (χ0v) is 8.85. The lowest BCUT2D eigenvalue weighted by Gasteiger charge is -1.96. The maximum absolute atomic E-state index is 10.6. The summed E-state index contributed by atoms with van der Waals surface area (Å²) < 4.78 is 1.71. The van der Waals surface area contributed by atoms with Gasteiger partial charge in [0.2, 0.25) is 0 Å². The fourth-order valence-electron chi connectivity index (χ4n) is 1.17. The molecule has 0 aliphatic carbocycles. The number of aromatic hydroxyl groups is 1. The number of hydrogen-bond acceptors (Lipinski definition) is 3. The second kappa shape index (κ2) is 3.12. The molecule has 2 nitrogen and oxygen atoms in total. The average molecular weight is 257 g/mol. The molecule has 0 bridgehead atoms. The van der Waals surface area contributed by atoms with Crippen LogP contribution in [0.4, 0.5) is 0 Å². The van der Waals surface area contributed by atoms with Crippen molar-refractivity contribution < 1.29 is 9.90 Å². The summed E-state index contributed by atoms with van der Waals surface area (Å²) >= 11 is 4.61. The van der Waals surface area contributed by atoms with Crippen molar-refractivity contribution in [1.82, 2.24) is 0 Å². The van der Waals surface area contributed by atoms with E-state index in [0.29, 0.717) is 5.56 Å². The highest BCUT2D eigenvalue weighted by atomic mass is 79.9. The Balaban J connectivity index is 2.85. The van der Waals surface area contributed by atoms with E-state index in [1.165, 1.54) is 11.3 Å². The first-order valence-electron chi connectivity index (χ1n) is 3.58. The van der Waals surface area contributed by atoms with Crippen molar-refractivity contribution in [1.29, 1.82) is 0 Å². The Morgan fingerprint density at radius 2 is 2.23 bits per heavy atom. The number of thiophene rings is 1. The summed E-state index contributed by atoms with van der Waals surface area (Å²) in [7, 11) is 0. The molecule has 0 unspecified atom stereocenters. The quantitative estimate of drug-likeness (QED) is 0.796. The van der Waals surface area contributed by atoms with Crippen LogP contribution in [0.15, 0.2) is 22.7 Å². The molecular formula is C9H5BrO2S. The Morgan fingerprint density at radius 1 is 1.46 bits per heavy atom. The van der Waals surface area contributed by atoms with Crippen LogP contribution >= 0.6 is 27.3 Å². The maximum Gasteiger partial charge on any atom is 0.172 e. The Bertz CT molecular complexity index is 476. The molecule has 13 heavy (non-hydrogen) atoms. The molecule has 1 N–H and O–H groups in total. The highest BCUT2D eigenvalue weighted by Crippen LogP contribution is 2.36. The molecule has 0 spiro atoms. The minimum Gasteiger partial charge on any atom is -0.499 e. The number of hydrogen-bond donors (Lipinski definition) is 1. The topological polar surface area (TPSA) is 37.3 Å². The molecule has 2 aromatic rings. The second-order valence-corrected chi connectivity index (χ2v) is 4.44. The fourth-order valence-corrected chi connectivity index (χ4v) is 2.67. The zero-order valence-electron chi connectivity index (χ0n) is 6.45. The van der Waals surface area contributed by atoms with Gasteiger partial charge < -0.3 is 5.11 Å². The van der Waals surface area contributed by atoms with Crippen LogP contribution in [0, 0.1) is 0 Å². The van der Waals surface area contributed by atoms with Crippen LogP contribution in [0.25, 0.3) is 10.1 Å². The number of fused-ring (bicyclic) bond motifs is 1. The SMILES string of the molecule is O=Cc1ccc2sc(O)cc2c1Br. The molecule has 2 rings (SSSR count). The molecule has 0 radical (unpaired) electrons. The van der Waals surface area contributed by atoms with Crippen molar-refractivity contribution in [3.05, 3.63) is 28.2 Å². The molecule has 1 heterocycles. The molecule has 4 heteroatoms. The van der Waals surface area contributed by atoms with E-state index in [4.69, 9.17) is 0 Å². The van der Waals surface area contributed by atoms with Crippen molar-refractivity contribution >= 4 is 43.6 Å².